The molecule has 1 heterocycles. The van der Waals surface area contributed by atoms with Gasteiger partial charge in [0.05, 0.1) is 6.04 Å². The first-order valence-electron chi connectivity index (χ1n) is 14.2. The van der Waals surface area contributed by atoms with Gasteiger partial charge in [-0.3, -0.25) is 14.5 Å². The molecule has 0 bridgehead atoms. The van der Waals surface area contributed by atoms with Crippen LogP contribution in [0.4, 0.5) is 0 Å². The number of hydrogen-bond acceptors (Lipinski definition) is 8. The minimum absolute atomic E-state index is 0.000405. The quantitative estimate of drug-likeness (QED) is 0.205. The van der Waals surface area contributed by atoms with Crippen LogP contribution in [0, 0.1) is 5.92 Å². The fraction of sp³-hybridized carbons (Fsp3) is 0.469. The number of nitrogens with zero attached hydrogens (tertiary/aromatic N) is 2. The molecule has 5 rings (SSSR count). The van der Waals surface area contributed by atoms with Crippen molar-refractivity contribution >= 4 is 31.6 Å². The first-order chi connectivity index (χ1) is 19.3. The minimum atomic E-state index is -2.60. The van der Waals surface area contributed by atoms with Crippen LogP contribution in [0.1, 0.15) is 61.3 Å². The molecule has 218 valence electrons. The molecule has 3 aromatic rings. The molecule has 2 aliphatic rings. The van der Waals surface area contributed by atoms with Gasteiger partial charge < -0.3 is 13.7 Å². The summed E-state index contributed by atoms with van der Waals surface area (Å²) in [6, 6.07) is 19.4. The third-order valence-corrected chi connectivity index (χ3v) is 14.5. The van der Waals surface area contributed by atoms with Crippen LogP contribution >= 0.6 is 11.8 Å². The average molecular weight is 593 g/mol. The third-order valence-electron chi connectivity index (χ3n) is 8.81. The lowest BCUT2D eigenvalue weighted by atomic mass is 9.63. The van der Waals surface area contributed by atoms with E-state index in [1.807, 2.05) is 67.5 Å². The summed E-state index contributed by atoms with van der Waals surface area (Å²) in [6.07, 6.45) is 0.867. The van der Waals surface area contributed by atoms with E-state index in [9.17, 15) is 9.59 Å². The van der Waals surface area contributed by atoms with E-state index in [2.05, 4.69) is 51.2 Å². The predicted octanol–water partition coefficient (Wildman–Crippen LogP) is 6.95. The van der Waals surface area contributed by atoms with Crippen LogP contribution in [-0.2, 0) is 15.8 Å². The summed E-state index contributed by atoms with van der Waals surface area (Å²) in [5, 5.41) is 4.03. The summed E-state index contributed by atoms with van der Waals surface area (Å²) < 4.78 is 19.0. The molecule has 0 N–H and O–H groups in total. The number of Topliss-reactive ketones (excluding diaryl/α,β-unsaturated/α-hetero) is 2. The van der Waals surface area contributed by atoms with Crippen LogP contribution in [0.15, 0.2) is 70.1 Å². The number of hydrogen-bond donors (Lipinski definition) is 0. The largest absolute Gasteiger partial charge is 0.470 e. The summed E-state index contributed by atoms with van der Waals surface area (Å²) in [5.74, 6) is -0.418. The maximum Gasteiger partial charge on any atom is 0.265 e. The van der Waals surface area contributed by atoms with Crippen molar-refractivity contribution in [3.63, 3.8) is 0 Å². The molecule has 7 nitrogen and oxygen atoms in total. The molecule has 2 aromatic carbocycles. The van der Waals surface area contributed by atoms with Crippen molar-refractivity contribution in [2.45, 2.75) is 80.1 Å². The molecule has 41 heavy (non-hydrogen) atoms. The van der Waals surface area contributed by atoms with E-state index in [0.717, 1.165) is 10.5 Å². The van der Waals surface area contributed by atoms with Gasteiger partial charge in [0.15, 0.2) is 25.5 Å². The second-order valence-corrected chi connectivity index (χ2v) is 19.0. The Bertz CT molecular complexity index is 1400. The van der Waals surface area contributed by atoms with Gasteiger partial charge in [0.2, 0.25) is 5.78 Å². The molecule has 1 fully saturated rings. The van der Waals surface area contributed by atoms with Crippen LogP contribution in [0.2, 0.25) is 18.1 Å². The number of rotatable bonds is 8. The number of thioether (sulfide) groups is 1. The molecular formula is C32H40N2O5SSi. The lowest BCUT2D eigenvalue weighted by molar-refractivity contribution is -0.143. The summed E-state index contributed by atoms with van der Waals surface area (Å²) in [5.41, 5.74) is -0.455. The summed E-state index contributed by atoms with van der Waals surface area (Å²) in [4.78, 5) is 32.4. The smallest absolute Gasteiger partial charge is 0.265 e. The van der Waals surface area contributed by atoms with E-state index >= 15 is 0 Å². The molecule has 0 radical (unpaired) electrons. The highest BCUT2D eigenvalue weighted by Crippen LogP contribution is 2.56. The average Bonchev–Trinajstić information content (AvgIpc) is 3.33. The lowest BCUT2D eigenvalue weighted by Gasteiger charge is -2.54. The number of fused-ring (bicyclic) bond motifs is 2. The van der Waals surface area contributed by atoms with Crippen LogP contribution in [-0.4, -0.2) is 54.9 Å². The Morgan fingerprint density at radius 1 is 1.05 bits per heavy atom. The first-order valence-corrected chi connectivity index (χ1v) is 18.0. The zero-order valence-corrected chi connectivity index (χ0v) is 26.8. The highest BCUT2D eigenvalue weighted by molar-refractivity contribution is 8.00. The van der Waals surface area contributed by atoms with Crippen molar-refractivity contribution in [1.82, 2.24) is 10.1 Å². The maximum atomic E-state index is 14.8. The van der Waals surface area contributed by atoms with E-state index in [1.54, 1.807) is 11.8 Å². The first kappa shape index (κ1) is 29.8. The lowest BCUT2D eigenvalue weighted by Crippen LogP contribution is -2.67. The molecule has 0 spiro atoms. The molecule has 0 aliphatic heterocycles. The zero-order chi connectivity index (χ0) is 29.6. The second-order valence-electron chi connectivity index (χ2n) is 12.9. The Morgan fingerprint density at radius 3 is 2.29 bits per heavy atom. The number of benzene rings is 2. The van der Waals surface area contributed by atoms with Crippen molar-refractivity contribution in [2.75, 3.05) is 14.1 Å². The van der Waals surface area contributed by atoms with E-state index in [4.69, 9.17) is 13.7 Å². The molecule has 9 heteroatoms. The Hall–Kier alpha value is -2.72. The van der Waals surface area contributed by atoms with Gasteiger partial charge >= 0.3 is 0 Å². The molecule has 1 aromatic heterocycles. The molecule has 2 unspecified atom stereocenters. The molecule has 2 aliphatic carbocycles. The number of ether oxygens (including phenoxy) is 1. The molecular weight excluding hydrogens is 553 g/mol. The van der Waals surface area contributed by atoms with Crippen molar-refractivity contribution in [3.05, 3.63) is 77.6 Å². The van der Waals surface area contributed by atoms with E-state index in [1.165, 1.54) is 0 Å². The van der Waals surface area contributed by atoms with Gasteiger partial charge in [-0.1, -0.05) is 69.3 Å². The molecule has 0 saturated heterocycles. The summed E-state index contributed by atoms with van der Waals surface area (Å²) in [7, 11) is 1.30. The van der Waals surface area contributed by atoms with Gasteiger partial charge in [0, 0.05) is 22.5 Å². The monoisotopic (exact) mass is 592 g/mol. The van der Waals surface area contributed by atoms with E-state index in [-0.39, 0.29) is 46.3 Å². The third kappa shape index (κ3) is 5.45. The number of aromatic nitrogens is 1. The van der Waals surface area contributed by atoms with Gasteiger partial charge in [-0.2, -0.15) is 0 Å². The number of carbonyl (C=O) groups is 2. The van der Waals surface area contributed by atoms with Crippen molar-refractivity contribution in [3.8, 4) is 5.88 Å². The number of ketones is 2. The summed E-state index contributed by atoms with van der Waals surface area (Å²) in [6.45, 7) is 10.8. The minimum Gasteiger partial charge on any atom is -0.470 e. The Morgan fingerprint density at radius 2 is 1.68 bits per heavy atom. The van der Waals surface area contributed by atoms with Gasteiger partial charge in [-0.05, 0) is 61.5 Å². The fourth-order valence-electron chi connectivity index (χ4n) is 5.75. The zero-order valence-electron chi connectivity index (χ0n) is 25.0. The second kappa shape index (κ2) is 11.2. The predicted molar refractivity (Wildman–Crippen MR) is 163 cm³/mol. The highest BCUT2D eigenvalue weighted by Gasteiger charge is 2.66. The van der Waals surface area contributed by atoms with E-state index in [0.29, 0.717) is 12.2 Å². The van der Waals surface area contributed by atoms with Crippen molar-refractivity contribution < 1.29 is 23.3 Å². The number of carbonyl (C=O) groups excluding carboxylic acids is 2. The normalized spacial score (nSPS) is 24.7. The Balaban J connectivity index is 1.60. The topological polar surface area (TPSA) is 81.9 Å². The summed E-state index contributed by atoms with van der Waals surface area (Å²) >= 11 is 1.69. The SMILES string of the molecule is CN(C)[C@@H]1c2onc(OCc3ccccc3)c2C(=O)C2(O[Si](C)(C)C(C)(C)C)C(=O)CC(Sc3ccccc3)C[C@@H]12. The van der Waals surface area contributed by atoms with Gasteiger partial charge in [0.1, 0.15) is 12.2 Å². The van der Waals surface area contributed by atoms with Crippen LogP contribution < -0.4 is 4.74 Å². The molecule has 4 atom stereocenters. The van der Waals surface area contributed by atoms with Crippen LogP contribution in [0.5, 0.6) is 5.88 Å². The maximum absolute atomic E-state index is 14.8. The van der Waals surface area contributed by atoms with Gasteiger partial charge in [-0.15, -0.1) is 11.8 Å². The highest BCUT2D eigenvalue weighted by atomic mass is 32.2. The molecule has 0 amide bonds. The molecule has 1 saturated carbocycles. The fourth-order valence-corrected chi connectivity index (χ4v) is 8.45. The van der Waals surface area contributed by atoms with Crippen molar-refractivity contribution in [2.24, 2.45) is 5.92 Å². The standard InChI is InChI=1S/C32H40N2O5SSi/c1-31(2,3)41(6,7)39-32-24(18-23(19-25(32)35)40-22-16-12-9-13-17-22)27(34(4)5)28-26(29(32)36)30(33-38-28)37-20-21-14-10-8-11-15-21/h8-17,23-24,27H,18-20H2,1-7H3/t23?,24-,27-,32?/m0/s1. The Kier molecular flexibility index (Phi) is 8.11. The van der Waals surface area contributed by atoms with Gasteiger partial charge in [-0.25, -0.2) is 0 Å². The van der Waals surface area contributed by atoms with Gasteiger partial charge in [0.25, 0.3) is 5.88 Å². The van der Waals surface area contributed by atoms with E-state index < -0.39 is 25.9 Å². The van der Waals surface area contributed by atoms with Crippen LogP contribution in [0.25, 0.3) is 0 Å². The van der Waals surface area contributed by atoms with Crippen LogP contribution in [0.3, 0.4) is 0 Å². The Labute approximate surface area is 248 Å². The van der Waals surface area contributed by atoms with Crippen molar-refractivity contribution in [1.29, 1.82) is 0 Å².